The molecule has 0 fully saturated rings. The molecule has 0 unspecified atom stereocenters. The first kappa shape index (κ1) is 21.4. The summed E-state index contributed by atoms with van der Waals surface area (Å²) in [5, 5.41) is 14.3. The van der Waals surface area contributed by atoms with Crippen molar-refractivity contribution in [3.05, 3.63) is 44.5 Å². The van der Waals surface area contributed by atoms with E-state index in [0.717, 1.165) is 36.1 Å². The number of fused-ring (bicyclic) bond motifs is 2. The summed E-state index contributed by atoms with van der Waals surface area (Å²) in [7, 11) is 1.55. The van der Waals surface area contributed by atoms with Gasteiger partial charge in [0.15, 0.2) is 5.13 Å². The number of phenols is 1. The minimum absolute atomic E-state index is 0.0586. The Morgan fingerprint density at radius 1 is 1.35 bits per heavy atom. The van der Waals surface area contributed by atoms with Crippen LogP contribution in [0.25, 0.3) is 0 Å². The quantitative estimate of drug-likeness (QED) is 0.492. The average Bonchev–Trinajstić information content (AvgIpc) is 3.43. The number of nitrogens with one attached hydrogen (secondary N) is 1. The molecule has 0 atom stereocenters. The number of ether oxygens (including phenoxy) is 2. The lowest BCUT2D eigenvalue weighted by atomic mass is 9.94. The first-order valence-electron chi connectivity index (χ1n) is 10.4. The lowest BCUT2D eigenvalue weighted by Crippen LogP contribution is -2.11. The normalized spacial score (nSPS) is 14.9. The van der Waals surface area contributed by atoms with Crippen LogP contribution in [0.15, 0.2) is 11.6 Å². The molecule has 1 aromatic heterocycles. The van der Waals surface area contributed by atoms with Gasteiger partial charge in [-0.3, -0.25) is 4.79 Å². The van der Waals surface area contributed by atoms with Crippen molar-refractivity contribution in [2.45, 2.75) is 59.0 Å². The Kier molecular flexibility index (Phi) is 6.00. The van der Waals surface area contributed by atoms with E-state index in [1.807, 2.05) is 19.9 Å². The molecule has 0 saturated carbocycles. The summed E-state index contributed by atoms with van der Waals surface area (Å²) in [5.41, 5.74) is 4.40. The van der Waals surface area contributed by atoms with Gasteiger partial charge in [0.05, 0.1) is 12.8 Å². The molecule has 0 spiro atoms. The molecule has 1 aliphatic carbocycles. The highest BCUT2D eigenvalue weighted by Gasteiger charge is 2.31. The number of anilines is 1. The lowest BCUT2D eigenvalue weighted by molar-refractivity contribution is -0.116. The highest BCUT2D eigenvalue weighted by atomic mass is 32.1. The van der Waals surface area contributed by atoms with Crippen molar-refractivity contribution in [3.8, 4) is 11.5 Å². The molecular formula is C23H26N2O5S. The van der Waals surface area contributed by atoms with Crippen molar-refractivity contribution in [2.24, 2.45) is 0 Å². The van der Waals surface area contributed by atoms with E-state index in [9.17, 15) is 14.7 Å². The number of nitrogens with zero attached hydrogens (tertiary/aromatic N) is 1. The van der Waals surface area contributed by atoms with Gasteiger partial charge in [0.1, 0.15) is 23.7 Å². The number of carbonyl (C=O) groups excluding carboxylic acids is 2. The third-order valence-corrected chi connectivity index (χ3v) is 6.96. The number of rotatable bonds is 7. The summed E-state index contributed by atoms with van der Waals surface area (Å²) >= 11 is 1.57. The summed E-state index contributed by atoms with van der Waals surface area (Å²) in [6.45, 7) is 3.96. The Morgan fingerprint density at radius 2 is 2.16 bits per heavy atom. The molecule has 1 amide bonds. The van der Waals surface area contributed by atoms with Crippen LogP contribution in [-0.4, -0.2) is 29.1 Å². The lowest BCUT2D eigenvalue weighted by Gasteiger charge is -2.15. The number of aromatic nitrogens is 1. The SMILES string of the molecule is COc1c(C)c2c(c(O)c1C/C=C(\C)CCC(=O)Nc1nc3c(s1)CCC3)C(=O)OC2. The van der Waals surface area contributed by atoms with Crippen LogP contribution in [0.4, 0.5) is 5.13 Å². The van der Waals surface area contributed by atoms with E-state index in [2.05, 4.69) is 10.3 Å². The van der Waals surface area contributed by atoms with E-state index >= 15 is 0 Å². The minimum atomic E-state index is -0.509. The molecule has 31 heavy (non-hydrogen) atoms. The van der Waals surface area contributed by atoms with Gasteiger partial charge in [-0.1, -0.05) is 11.6 Å². The third-order valence-electron chi connectivity index (χ3n) is 5.89. The Balaban J connectivity index is 1.40. The number of aromatic hydroxyl groups is 1. The fourth-order valence-corrected chi connectivity index (χ4v) is 5.21. The Morgan fingerprint density at radius 3 is 2.90 bits per heavy atom. The van der Waals surface area contributed by atoms with Gasteiger partial charge in [-0.05, 0) is 51.5 Å². The van der Waals surface area contributed by atoms with Crippen LogP contribution in [0.2, 0.25) is 0 Å². The molecule has 2 aliphatic rings. The van der Waals surface area contributed by atoms with Gasteiger partial charge in [-0.2, -0.15) is 0 Å². The second kappa shape index (κ2) is 8.70. The molecule has 7 nitrogen and oxygen atoms in total. The third kappa shape index (κ3) is 4.17. The zero-order chi connectivity index (χ0) is 22.1. The van der Waals surface area contributed by atoms with Crippen LogP contribution >= 0.6 is 11.3 Å². The highest BCUT2D eigenvalue weighted by Crippen LogP contribution is 2.42. The van der Waals surface area contributed by atoms with Crippen LogP contribution in [-0.2, 0) is 35.4 Å². The molecule has 0 radical (unpaired) electrons. The Labute approximate surface area is 185 Å². The number of esters is 1. The Hall–Kier alpha value is -2.87. The average molecular weight is 443 g/mol. The first-order chi connectivity index (χ1) is 14.9. The predicted octanol–water partition coefficient (Wildman–Crippen LogP) is 4.23. The maximum absolute atomic E-state index is 12.3. The van der Waals surface area contributed by atoms with Crippen LogP contribution in [0.1, 0.15) is 63.8 Å². The summed E-state index contributed by atoms with van der Waals surface area (Å²) < 4.78 is 10.6. The molecule has 8 heteroatoms. The monoisotopic (exact) mass is 442 g/mol. The number of thiazole rings is 1. The molecule has 4 rings (SSSR count). The first-order valence-corrected chi connectivity index (χ1v) is 11.2. The van der Waals surface area contributed by atoms with E-state index < -0.39 is 5.97 Å². The number of benzene rings is 1. The minimum Gasteiger partial charge on any atom is -0.507 e. The van der Waals surface area contributed by atoms with E-state index in [1.54, 1.807) is 18.4 Å². The Bertz CT molecular complexity index is 1060. The summed E-state index contributed by atoms with van der Waals surface area (Å²) in [6, 6.07) is 0. The highest BCUT2D eigenvalue weighted by molar-refractivity contribution is 7.15. The molecule has 0 saturated heterocycles. The van der Waals surface area contributed by atoms with Gasteiger partial charge in [0.25, 0.3) is 0 Å². The number of aryl methyl sites for hydroxylation is 2. The number of amides is 1. The van der Waals surface area contributed by atoms with Gasteiger partial charge >= 0.3 is 5.97 Å². The summed E-state index contributed by atoms with van der Waals surface area (Å²) in [6.07, 6.45) is 6.49. The van der Waals surface area contributed by atoms with Crippen molar-refractivity contribution in [1.82, 2.24) is 4.98 Å². The van der Waals surface area contributed by atoms with Crippen LogP contribution in [0.3, 0.4) is 0 Å². The van der Waals surface area contributed by atoms with Gasteiger partial charge in [-0.25, -0.2) is 9.78 Å². The number of methoxy groups -OCH3 is 1. The van der Waals surface area contributed by atoms with Crippen LogP contribution in [0.5, 0.6) is 11.5 Å². The smallest absolute Gasteiger partial charge is 0.342 e. The molecular weight excluding hydrogens is 416 g/mol. The van der Waals surface area contributed by atoms with E-state index in [4.69, 9.17) is 9.47 Å². The van der Waals surface area contributed by atoms with E-state index in [1.165, 1.54) is 4.88 Å². The van der Waals surface area contributed by atoms with E-state index in [-0.39, 0.29) is 23.8 Å². The molecule has 1 aliphatic heterocycles. The predicted molar refractivity (Wildman–Crippen MR) is 118 cm³/mol. The van der Waals surface area contributed by atoms with E-state index in [0.29, 0.717) is 41.3 Å². The van der Waals surface area contributed by atoms with Crippen molar-refractivity contribution in [2.75, 3.05) is 12.4 Å². The van der Waals surface area contributed by atoms with Gasteiger partial charge in [0.2, 0.25) is 5.91 Å². The fourth-order valence-electron chi connectivity index (χ4n) is 4.14. The topological polar surface area (TPSA) is 97.8 Å². The molecule has 2 N–H and O–H groups in total. The van der Waals surface area contributed by atoms with Gasteiger partial charge < -0.3 is 19.9 Å². The second-order valence-corrected chi connectivity index (χ2v) is 9.04. The zero-order valence-corrected chi connectivity index (χ0v) is 18.8. The van der Waals surface area contributed by atoms with Gasteiger partial charge in [0, 0.05) is 22.4 Å². The van der Waals surface area contributed by atoms with Crippen molar-refractivity contribution >= 4 is 28.3 Å². The number of carbonyl (C=O) groups is 2. The van der Waals surface area contributed by atoms with Crippen molar-refractivity contribution in [1.29, 1.82) is 0 Å². The number of hydrogen-bond acceptors (Lipinski definition) is 7. The van der Waals surface area contributed by atoms with Crippen molar-refractivity contribution in [3.63, 3.8) is 0 Å². The van der Waals surface area contributed by atoms with Crippen LogP contribution < -0.4 is 10.1 Å². The van der Waals surface area contributed by atoms with Crippen molar-refractivity contribution < 1.29 is 24.2 Å². The maximum atomic E-state index is 12.3. The zero-order valence-electron chi connectivity index (χ0n) is 18.0. The second-order valence-electron chi connectivity index (χ2n) is 7.96. The molecule has 0 bridgehead atoms. The number of cyclic esters (lactones) is 1. The molecule has 2 heterocycles. The number of hydrogen-bond donors (Lipinski definition) is 2. The molecule has 2 aromatic rings. The number of allylic oxidation sites excluding steroid dienone is 2. The fraction of sp³-hybridized carbons (Fsp3) is 0.435. The largest absolute Gasteiger partial charge is 0.507 e. The van der Waals surface area contributed by atoms with Gasteiger partial charge in [-0.15, -0.1) is 11.3 Å². The standard InChI is InChI=1S/C23H26N2O5S/c1-12(8-10-18(26)25-23-24-16-5-4-6-17(16)31-23)7-9-14-20(27)19-15(11-30-22(19)28)13(2)21(14)29-3/h7,27H,4-6,8-11H2,1-3H3,(H,24,25,26)/b12-7+. The summed E-state index contributed by atoms with van der Waals surface area (Å²) in [5.74, 6) is -0.0894. The molecule has 1 aromatic carbocycles. The molecule has 164 valence electrons. The summed E-state index contributed by atoms with van der Waals surface area (Å²) in [4.78, 5) is 30.1. The maximum Gasteiger partial charge on any atom is 0.342 e. The van der Waals surface area contributed by atoms with Crippen LogP contribution in [0, 0.1) is 6.92 Å². The number of phenolic OH excluding ortho intramolecular Hbond substituents is 1.